The number of hydrogen-bond acceptors (Lipinski definition) is 5. The lowest BCUT2D eigenvalue weighted by atomic mass is 10.2. The molecule has 0 fully saturated rings. The highest BCUT2D eigenvalue weighted by molar-refractivity contribution is 6.29. The number of hydrogen-bond donors (Lipinski definition) is 1. The second-order valence-electron chi connectivity index (χ2n) is 5.53. The topological polar surface area (TPSA) is 89.6 Å². The maximum atomic E-state index is 13.9. The van der Waals surface area contributed by atoms with E-state index in [9.17, 15) is 9.18 Å². The monoisotopic (exact) mass is 371 g/mol. The molecule has 9 heteroatoms. The molecule has 0 amide bonds. The van der Waals surface area contributed by atoms with Gasteiger partial charge < -0.3 is 9.51 Å². The van der Waals surface area contributed by atoms with Crippen LogP contribution in [-0.2, 0) is 0 Å². The molecule has 0 aliphatic rings. The molecule has 0 atom stereocenters. The molecule has 0 saturated heterocycles. The number of aryl methyl sites for hydroxylation is 1. The quantitative estimate of drug-likeness (QED) is 0.557. The Morgan fingerprint density at radius 1 is 1.27 bits per heavy atom. The summed E-state index contributed by atoms with van der Waals surface area (Å²) in [5.41, 5.74) is 2.00. The summed E-state index contributed by atoms with van der Waals surface area (Å²) < 4.78 is 20.5. The van der Waals surface area contributed by atoms with Crippen LogP contribution in [0.25, 0.3) is 28.5 Å². The molecule has 3 aromatic heterocycles. The van der Waals surface area contributed by atoms with Gasteiger partial charge in [-0.2, -0.15) is 4.98 Å². The molecule has 0 saturated carbocycles. The second-order valence-corrected chi connectivity index (χ2v) is 5.91. The van der Waals surface area contributed by atoms with Crippen LogP contribution in [0.15, 0.2) is 52.0 Å². The molecule has 0 bridgehead atoms. The summed E-state index contributed by atoms with van der Waals surface area (Å²) in [6.07, 6.45) is 2.63. The van der Waals surface area contributed by atoms with Gasteiger partial charge in [0.1, 0.15) is 5.15 Å². The minimum absolute atomic E-state index is 0.00331. The Bertz CT molecular complexity index is 1150. The van der Waals surface area contributed by atoms with Crippen molar-refractivity contribution < 1.29 is 8.91 Å². The van der Waals surface area contributed by atoms with E-state index in [0.29, 0.717) is 11.3 Å². The van der Waals surface area contributed by atoms with E-state index < -0.39 is 5.82 Å². The lowest BCUT2D eigenvalue weighted by molar-refractivity contribution is 0.429. The van der Waals surface area contributed by atoms with Crippen LogP contribution in [0.5, 0.6) is 0 Å². The summed E-state index contributed by atoms with van der Waals surface area (Å²) in [5, 5.41) is 3.99. The molecule has 26 heavy (non-hydrogen) atoms. The average molecular weight is 372 g/mol. The molecule has 0 radical (unpaired) electrons. The van der Waals surface area contributed by atoms with E-state index in [4.69, 9.17) is 16.1 Å². The third kappa shape index (κ3) is 2.80. The van der Waals surface area contributed by atoms with Crippen LogP contribution < -0.4 is 5.69 Å². The van der Waals surface area contributed by atoms with Crippen molar-refractivity contribution in [3.8, 4) is 28.5 Å². The minimum atomic E-state index is -0.609. The Morgan fingerprint density at radius 3 is 2.73 bits per heavy atom. The van der Waals surface area contributed by atoms with E-state index in [2.05, 4.69) is 20.1 Å². The van der Waals surface area contributed by atoms with Crippen molar-refractivity contribution in [3.63, 3.8) is 0 Å². The lowest BCUT2D eigenvalue weighted by Crippen LogP contribution is -2.15. The van der Waals surface area contributed by atoms with Crippen LogP contribution >= 0.6 is 11.6 Å². The fraction of sp³-hybridized carbons (Fsp3) is 0.0588. The second kappa shape index (κ2) is 6.23. The molecular weight excluding hydrogens is 361 g/mol. The van der Waals surface area contributed by atoms with Crippen molar-refractivity contribution >= 4 is 11.6 Å². The zero-order valence-corrected chi connectivity index (χ0v) is 14.2. The van der Waals surface area contributed by atoms with Crippen molar-refractivity contribution in [2.24, 2.45) is 0 Å². The smallest absolute Gasteiger partial charge is 0.330 e. The lowest BCUT2D eigenvalue weighted by Gasteiger charge is -2.04. The van der Waals surface area contributed by atoms with Gasteiger partial charge in [0, 0.05) is 17.5 Å². The normalized spacial score (nSPS) is 11.0. The van der Waals surface area contributed by atoms with Crippen molar-refractivity contribution in [1.29, 1.82) is 0 Å². The summed E-state index contributed by atoms with van der Waals surface area (Å²) in [5.74, 6) is -0.317. The number of rotatable bonds is 3. The fourth-order valence-electron chi connectivity index (χ4n) is 2.56. The number of nitrogens with zero attached hydrogens (tertiary/aromatic N) is 4. The Morgan fingerprint density at radius 2 is 2.04 bits per heavy atom. The van der Waals surface area contributed by atoms with E-state index in [0.717, 1.165) is 11.9 Å². The molecule has 1 N–H and O–H groups in total. The maximum Gasteiger partial charge on any atom is 0.330 e. The van der Waals surface area contributed by atoms with Gasteiger partial charge in [-0.25, -0.2) is 14.2 Å². The van der Waals surface area contributed by atoms with Crippen molar-refractivity contribution in [2.75, 3.05) is 0 Å². The molecule has 4 rings (SSSR count). The van der Waals surface area contributed by atoms with Crippen LogP contribution in [0.1, 0.15) is 5.69 Å². The Labute approximate surface area is 151 Å². The van der Waals surface area contributed by atoms with Gasteiger partial charge >= 0.3 is 5.69 Å². The van der Waals surface area contributed by atoms with Crippen LogP contribution in [0.3, 0.4) is 0 Å². The first kappa shape index (κ1) is 16.2. The van der Waals surface area contributed by atoms with Crippen LogP contribution in [0.2, 0.25) is 5.15 Å². The van der Waals surface area contributed by atoms with Crippen molar-refractivity contribution in [2.45, 2.75) is 6.92 Å². The molecule has 0 aliphatic heterocycles. The number of nitrogens with one attached hydrogen (secondary N) is 1. The van der Waals surface area contributed by atoms with Gasteiger partial charge in [0.25, 0.3) is 5.89 Å². The third-order valence-corrected chi connectivity index (χ3v) is 4.03. The Hall–Kier alpha value is -3.26. The average Bonchev–Trinajstić information content (AvgIpc) is 3.24. The molecule has 3 heterocycles. The molecular formula is C17H11ClFN5O2. The zero-order valence-electron chi connectivity index (χ0n) is 13.4. The number of halogens is 2. The summed E-state index contributed by atoms with van der Waals surface area (Å²) in [7, 11) is 0. The molecule has 0 aliphatic carbocycles. The van der Waals surface area contributed by atoms with Gasteiger partial charge in [-0.1, -0.05) is 16.8 Å². The first-order valence-electron chi connectivity index (χ1n) is 7.56. The molecule has 1 aromatic carbocycles. The summed E-state index contributed by atoms with van der Waals surface area (Å²) in [6.45, 7) is 1.83. The Kier molecular flexibility index (Phi) is 3.89. The highest BCUT2D eigenvalue weighted by Crippen LogP contribution is 2.26. The summed E-state index contributed by atoms with van der Waals surface area (Å²) in [6, 6.07) is 8.34. The van der Waals surface area contributed by atoms with Gasteiger partial charge in [0.2, 0.25) is 5.82 Å². The van der Waals surface area contributed by atoms with Crippen molar-refractivity contribution in [3.05, 3.63) is 69.9 Å². The van der Waals surface area contributed by atoms with E-state index >= 15 is 0 Å². The number of aromatic nitrogens is 5. The van der Waals surface area contributed by atoms with E-state index in [-0.39, 0.29) is 28.1 Å². The van der Waals surface area contributed by atoms with Gasteiger partial charge in [0.15, 0.2) is 5.82 Å². The molecule has 4 aromatic rings. The number of aromatic amines is 1. The molecule has 130 valence electrons. The van der Waals surface area contributed by atoms with Gasteiger partial charge in [-0.05, 0) is 37.3 Å². The summed E-state index contributed by atoms with van der Waals surface area (Å²) in [4.78, 5) is 22.3. The first-order valence-corrected chi connectivity index (χ1v) is 7.93. The highest BCUT2D eigenvalue weighted by atomic mass is 35.5. The predicted octanol–water partition coefficient (Wildman–Crippen LogP) is 3.38. The zero-order chi connectivity index (χ0) is 18.3. The van der Waals surface area contributed by atoms with Crippen molar-refractivity contribution in [1.82, 2.24) is 24.7 Å². The first-order chi connectivity index (χ1) is 12.5. The van der Waals surface area contributed by atoms with Crippen LogP contribution in [0.4, 0.5) is 4.39 Å². The number of benzene rings is 1. The number of imidazole rings is 1. The number of H-pyrrole nitrogens is 1. The fourth-order valence-corrected chi connectivity index (χ4v) is 2.72. The molecule has 0 spiro atoms. The van der Waals surface area contributed by atoms with Gasteiger partial charge in [-0.15, -0.1) is 0 Å². The summed E-state index contributed by atoms with van der Waals surface area (Å²) >= 11 is 5.78. The standard InChI is InChI=1S/C17H11ClFN5O2/c1-9-7-21-17(25)24(9)11-4-2-10(3-5-11)15-22-16(26-23-15)12-6-14(18)20-8-13(12)19/h2-8H,1H3,(H,21,25). The van der Waals surface area contributed by atoms with Crippen LogP contribution in [0, 0.1) is 12.7 Å². The van der Waals surface area contributed by atoms with Gasteiger partial charge in [0.05, 0.1) is 17.4 Å². The van der Waals surface area contributed by atoms with E-state index in [1.54, 1.807) is 35.0 Å². The molecule has 0 unspecified atom stereocenters. The van der Waals surface area contributed by atoms with Crippen LogP contribution in [-0.4, -0.2) is 24.7 Å². The maximum absolute atomic E-state index is 13.9. The minimum Gasteiger partial charge on any atom is -0.334 e. The predicted molar refractivity (Wildman–Crippen MR) is 92.6 cm³/mol. The van der Waals surface area contributed by atoms with Gasteiger partial charge in [-0.3, -0.25) is 4.57 Å². The number of pyridine rings is 1. The molecule has 7 nitrogen and oxygen atoms in total. The highest BCUT2D eigenvalue weighted by Gasteiger charge is 2.16. The van der Waals surface area contributed by atoms with E-state index in [1.165, 1.54) is 6.07 Å². The largest absolute Gasteiger partial charge is 0.334 e. The third-order valence-electron chi connectivity index (χ3n) is 3.82. The SMILES string of the molecule is Cc1c[nH]c(=O)n1-c1ccc(-c2noc(-c3cc(Cl)ncc3F)n2)cc1. The van der Waals surface area contributed by atoms with E-state index in [1.807, 2.05) is 6.92 Å². The Balaban J connectivity index is 1.68.